The summed E-state index contributed by atoms with van der Waals surface area (Å²) in [7, 11) is -1.68. The van der Waals surface area contributed by atoms with Gasteiger partial charge in [-0.25, -0.2) is 4.79 Å². The molecule has 0 saturated heterocycles. The first-order chi connectivity index (χ1) is 10.8. The number of nitrogens with one attached hydrogen (secondary N) is 2. The predicted octanol–water partition coefficient (Wildman–Crippen LogP) is -0.191. The number of amides is 3. The van der Waals surface area contributed by atoms with E-state index in [1.807, 2.05) is 44.2 Å². The molecule has 0 radical (unpaired) electrons. The van der Waals surface area contributed by atoms with Gasteiger partial charge >= 0.3 is 13.1 Å². The summed E-state index contributed by atoms with van der Waals surface area (Å²) in [4.78, 5) is 23.5. The van der Waals surface area contributed by atoms with E-state index in [0.29, 0.717) is 6.42 Å². The van der Waals surface area contributed by atoms with Gasteiger partial charge in [-0.2, -0.15) is 0 Å². The van der Waals surface area contributed by atoms with Crippen molar-refractivity contribution in [3.63, 3.8) is 0 Å². The molecule has 0 heterocycles. The Bertz CT molecular complexity index is 511. The summed E-state index contributed by atoms with van der Waals surface area (Å²) in [6.07, 6.45) is 0.658. The Hall–Kier alpha value is -2.06. The van der Waals surface area contributed by atoms with E-state index in [9.17, 15) is 19.6 Å². The summed E-state index contributed by atoms with van der Waals surface area (Å²) in [5.74, 6) is -1.31. The van der Waals surface area contributed by atoms with Crippen molar-refractivity contribution in [2.24, 2.45) is 11.7 Å². The molecule has 23 heavy (non-hydrogen) atoms. The van der Waals surface area contributed by atoms with Crippen LogP contribution < -0.4 is 16.4 Å². The minimum atomic E-state index is -1.68. The highest BCUT2D eigenvalue weighted by Crippen LogP contribution is 2.06. The second-order valence-corrected chi connectivity index (χ2v) is 5.91. The Morgan fingerprint density at radius 3 is 2.26 bits per heavy atom. The lowest BCUT2D eigenvalue weighted by molar-refractivity contribution is -0.119. The minimum absolute atomic E-state index is 0.165. The fraction of sp³-hybridized carbons (Fsp3) is 0.467. The van der Waals surface area contributed by atoms with Crippen molar-refractivity contribution in [1.82, 2.24) is 10.6 Å². The number of nitrogens with two attached hydrogens (primary N) is 1. The zero-order valence-corrected chi connectivity index (χ0v) is 13.4. The molecule has 1 aromatic rings. The Kier molecular flexibility index (Phi) is 7.57. The molecule has 1 rings (SSSR count). The van der Waals surface area contributed by atoms with Gasteiger partial charge in [0.1, 0.15) is 6.04 Å². The largest absolute Gasteiger partial charge is 0.475 e. The number of benzene rings is 1. The lowest BCUT2D eigenvalue weighted by Gasteiger charge is -2.22. The molecule has 7 nitrogen and oxygen atoms in total. The molecule has 0 aliphatic heterocycles. The van der Waals surface area contributed by atoms with Crippen molar-refractivity contribution in [1.29, 1.82) is 0 Å². The predicted molar refractivity (Wildman–Crippen MR) is 88.2 cm³/mol. The minimum Gasteiger partial charge on any atom is -0.426 e. The number of rotatable bonds is 8. The molecule has 0 fully saturated rings. The maximum Gasteiger partial charge on any atom is 0.475 e. The van der Waals surface area contributed by atoms with Gasteiger partial charge < -0.3 is 26.4 Å². The van der Waals surface area contributed by atoms with Crippen LogP contribution in [0.25, 0.3) is 0 Å². The van der Waals surface area contributed by atoms with Gasteiger partial charge in [0.25, 0.3) is 0 Å². The summed E-state index contributed by atoms with van der Waals surface area (Å²) in [5.41, 5.74) is 6.18. The molecule has 0 aromatic heterocycles. The number of urea groups is 1. The van der Waals surface area contributed by atoms with E-state index in [1.54, 1.807) is 0 Å². The van der Waals surface area contributed by atoms with Gasteiger partial charge in [-0.1, -0.05) is 44.2 Å². The number of carbonyl (C=O) groups excluding carboxylic acids is 2. The zero-order chi connectivity index (χ0) is 17.4. The van der Waals surface area contributed by atoms with Gasteiger partial charge in [0, 0.05) is 6.42 Å². The molecule has 0 aliphatic rings. The summed E-state index contributed by atoms with van der Waals surface area (Å²) >= 11 is 0. The lowest BCUT2D eigenvalue weighted by Crippen LogP contribution is -2.55. The van der Waals surface area contributed by atoms with Crippen LogP contribution in [0.15, 0.2) is 30.3 Å². The van der Waals surface area contributed by atoms with Gasteiger partial charge in [0.15, 0.2) is 0 Å². The average molecular weight is 321 g/mol. The molecule has 8 heteroatoms. The Balaban J connectivity index is 2.65. The average Bonchev–Trinajstić information content (AvgIpc) is 2.46. The topological polar surface area (TPSA) is 125 Å². The number of carbonyl (C=O) groups is 2. The smallest absolute Gasteiger partial charge is 0.426 e. The van der Waals surface area contributed by atoms with E-state index in [4.69, 9.17) is 5.73 Å². The summed E-state index contributed by atoms with van der Waals surface area (Å²) in [6, 6.07) is 7.62. The van der Waals surface area contributed by atoms with Gasteiger partial charge in [0.05, 0.1) is 5.94 Å². The monoisotopic (exact) mass is 321 g/mol. The fourth-order valence-corrected chi connectivity index (χ4v) is 2.20. The van der Waals surface area contributed by atoms with E-state index < -0.39 is 31.0 Å². The molecular weight excluding hydrogens is 297 g/mol. The van der Waals surface area contributed by atoms with E-state index in [-0.39, 0.29) is 12.3 Å². The van der Waals surface area contributed by atoms with Crippen LogP contribution in [0.3, 0.4) is 0 Å². The molecule has 0 unspecified atom stereocenters. The van der Waals surface area contributed by atoms with Crippen LogP contribution in [-0.4, -0.2) is 41.1 Å². The standard InChI is InChI=1S/C15H24BN3O4/c1-10(2)8-13(16(22)23)19-15(21)18-12(14(17)20)9-11-6-4-3-5-7-11/h3-7,10,12-13,22-23H,8-9H2,1-2H3,(H2,17,20)(H2,18,19,21)/t12-,13-/m0/s1. The summed E-state index contributed by atoms with van der Waals surface area (Å²) in [5, 5.41) is 23.6. The zero-order valence-electron chi connectivity index (χ0n) is 13.4. The molecule has 0 aliphatic carbocycles. The van der Waals surface area contributed by atoms with Crippen molar-refractivity contribution >= 4 is 19.1 Å². The molecule has 126 valence electrons. The third-order valence-electron chi connectivity index (χ3n) is 3.33. The molecule has 0 bridgehead atoms. The normalized spacial score (nSPS) is 13.3. The molecule has 0 spiro atoms. The van der Waals surface area contributed by atoms with Gasteiger partial charge in [-0.05, 0) is 17.9 Å². The molecule has 0 saturated carbocycles. The first-order valence-electron chi connectivity index (χ1n) is 7.56. The SMILES string of the molecule is CC(C)C[C@H](NC(=O)N[C@@H](Cc1ccccc1)C(N)=O)B(O)O. The maximum atomic E-state index is 12.0. The van der Waals surface area contributed by atoms with Crippen molar-refractivity contribution in [2.75, 3.05) is 0 Å². The molecular formula is C15H24BN3O4. The number of primary amides is 1. The Labute approximate surface area is 136 Å². The highest BCUT2D eigenvalue weighted by atomic mass is 16.4. The van der Waals surface area contributed by atoms with Crippen LogP contribution in [0.2, 0.25) is 0 Å². The molecule has 3 amide bonds. The number of hydrogen-bond donors (Lipinski definition) is 5. The third kappa shape index (κ3) is 7.16. The van der Waals surface area contributed by atoms with Crippen LogP contribution in [-0.2, 0) is 11.2 Å². The summed E-state index contributed by atoms with van der Waals surface area (Å²) < 4.78 is 0. The van der Waals surface area contributed by atoms with Crippen LogP contribution >= 0.6 is 0 Å². The van der Waals surface area contributed by atoms with Gasteiger partial charge in [0.2, 0.25) is 5.91 Å². The molecule has 6 N–H and O–H groups in total. The van der Waals surface area contributed by atoms with Crippen LogP contribution in [0, 0.1) is 5.92 Å². The quantitative estimate of drug-likeness (QED) is 0.426. The van der Waals surface area contributed by atoms with Crippen LogP contribution in [0.1, 0.15) is 25.8 Å². The van der Waals surface area contributed by atoms with Gasteiger partial charge in [-0.3, -0.25) is 4.79 Å². The van der Waals surface area contributed by atoms with E-state index in [1.165, 1.54) is 0 Å². The van der Waals surface area contributed by atoms with Crippen molar-refractivity contribution in [3.05, 3.63) is 35.9 Å². The van der Waals surface area contributed by atoms with Crippen molar-refractivity contribution in [2.45, 2.75) is 38.7 Å². The second-order valence-electron chi connectivity index (χ2n) is 5.91. The van der Waals surface area contributed by atoms with Crippen molar-refractivity contribution < 1.29 is 19.6 Å². The fourth-order valence-electron chi connectivity index (χ4n) is 2.20. The van der Waals surface area contributed by atoms with Crippen LogP contribution in [0.5, 0.6) is 0 Å². The maximum absolute atomic E-state index is 12.0. The Morgan fingerprint density at radius 2 is 1.78 bits per heavy atom. The first-order valence-corrected chi connectivity index (χ1v) is 7.56. The molecule has 2 atom stereocenters. The van der Waals surface area contributed by atoms with Crippen molar-refractivity contribution in [3.8, 4) is 0 Å². The second kappa shape index (κ2) is 9.17. The highest BCUT2D eigenvalue weighted by molar-refractivity contribution is 6.43. The van der Waals surface area contributed by atoms with Gasteiger partial charge in [-0.15, -0.1) is 0 Å². The number of hydrogen-bond acceptors (Lipinski definition) is 4. The van der Waals surface area contributed by atoms with E-state index >= 15 is 0 Å². The third-order valence-corrected chi connectivity index (χ3v) is 3.33. The molecule has 1 aromatic carbocycles. The lowest BCUT2D eigenvalue weighted by atomic mass is 9.75. The highest BCUT2D eigenvalue weighted by Gasteiger charge is 2.27. The van der Waals surface area contributed by atoms with E-state index in [2.05, 4.69) is 10.6 Å². The summed E-state index contributed by atoms with van der Waals surface area (Å²) in [6.45, 7) is 3.80. The Morgan fingerprint density at radius 1 is 1.17 bits per heavy atom. The first kappa shape index (κ1) is 19.0. The van der Waals surface area contributed by atoms with E-state index in [0.717, 1.165) is 5.56 Å². The van der Waals surface area contributed by atoms with Crippen LogP contribution in [0.4, 0.5) is 4.79 Å².